The molecule has 0 fully saturated rings. The molecule has 0 aliphatic carbocycles. The molecule has 1 aromatic heterocycles. The van der Waals surface area contributed by atoms with Crippen LogP contribution in [-0.2, 0) is 12.0 Å². The minimum atomic E-state index is -0.0331. The molecule has 4 rings (SSSR count). The van der Waals surface area contributed by atoms with Crippen LogP contribution in [0.1, 0.15) is 31.9 Å². The van der Waals surface area contributed by atoms with Crippen molar-refractivity contribution in [3.8, 4) is 0 Å². The number of halogens is 1. The zero-order valence-corrected chi connectivity index (χ0v) is 17.1. The number of pyridine rings is 1. The van der Waals surface area contributed by atoms with E-state index in [0.29, 0.717) is 0 Å². The van der Waals surface area contributed by atoms with E-state index < -0.39 is 0 Å². The number of aliphatic imine (C=N–C) groups is 1. The largest absolute Gasteiger partial charge is 0.392 e. The Balaban J connectivity index is 0.000000182. The van der Waals surface area contributed by atoms with Crippen LogP contribution in [0, 0.1) is 0 Å². The van der Waals surface area contributed by atoms with E-state index >= 15 is 0 Å². The van der Waals surface area contributed by atoms with Gasteiger partial charge in [0.1, 0.15) is 0 Å². The van der Waals surface area contributed by atoms with Gasteiger partial charge in [0.25, 0.3) is 0 Å². The number of aliphatic hydroxyl groups is 1. The second-order valence-corrected chi connectivity index (χ2v) is 6.49. The van der Waals surface area contributed by atoms with Crippen LogP contribution in [0.25, 0.3) is 10.9 Å². The van der Waals surface area contributed by atoms with Crippen molar-refractivity contribution in [3.63, 3.8) is 0 Å². The summed E-state index contributed by atoms with van der Waals surface area (Å²) in [5, 5.41) is 10.5. The van der Waals surface area contributed by atoms with Crippen LogP contribution in [0.15, 0.2) is 65.8 Å². The van der Waals surface area contributed by atoms with Gasteiger partial charge in [-0.2, -0.15) is 0 Å². The SMILES string of the molecule is CC1=Nc2cccc(CO)c2C1(C)C.I.c1ccc2ncccc2c1. The summed E-state index contributed by atoms with van der Waals surface area (Å²) in [5.41, 5.74) is 5.33. The molecule has 3 nitrogen and oxygen atoms in total. The number of aromatic nitrogens is 1. The molecule has 1 N–H and O–H groups in total. The van der Waals surface area contributed by atoms with E-state index in [1.807, 2.05) is 55.6 Å². The maximum atomic E-state index is 9.27. The summed E-state index contributed by atoms with van der Waals surface area (Å²) in [7, 11) is 0. The number of nitrogens with zero attached hydrogens (tertiary/aromatic N) is 2. The average molecular weight is 446 g/mol. The standard InChI is InChI=1S/C12H15NO.C9H7N.HI/c1-8-12(2,3)11-9(7-14)5-4-6-10(11)13-8;1-2-6-9-8(4-1)5-3-7-10-9;/h4-6,14H,7H2,1-3H3;1-7H;1H. The zero-order chi connectivity index (χ0) is 17.2. The normalized spacial score (nSPS) is 14.0. The second kappa shape index (κ2) is 8.06. The van der Waals surface area contributed by atoms with Gasteiger partial charge in [-0.3, -0.25) is 9.98 Å². The van der Waals surface area contributed by atoms with E-state index in [1.54, 1.807) is 0 Å². The second-order valence-electron chi connectivity index (χ2n) is 6.49. The van der Waals surface area contributed by atoms with Gasteiger partial charge in [0.2, 0.25) is 0 Å². The van der Waals surface area contributed by atoms with Gasteiger partial charge in [0.15, 0.2) is 0 Å². The van der Waals surface area contributed by atoms with Crippen molar-refractivity contribution < 1.29 is 5.11 Å². The number of fused-ring (bicyclic) bond motifs is 2. The Morgan fingerprint density at radius 3 is 2.40 bits per heavy atom. The van der Waals surface area contributed by atoms with E-state index in [2.05, 4.69) is 36.0 Å². The summed E-state index contributed by atoms with van der Waals surface area (Å²) in [6.45, 7) is 6.43. The van der Waals surface area contributed by atoms with E-state index in [0.717, 1.165) is 22.5 Å². The Kier molecular flexibility index (Phi) is 6.30. The Morgan fingerprint density at radius 1 is 0.960 bits per heavy atom. The molecule has 4 heteroatoms. The number of hydrogen-bond donors (Lipinski definition) is 1. The third-order valence-corrected chi connectivity index (χ3v) is 4.63. The van der Waals surface area contributed by atoms with Gasteiger partial charge in [0.05, 0.1) is 17.8 Å². The van der Waals surface area contributed by atoms with E-state index in [9.17, 15) is 5.11 Å². The van der Waals surface area contributed by atoms with Crippen LogP contribution >= 0.6 is 24.0 Å². The summed E-state index contributed by atoms with van der Waals surface area (Å²) in [5.74, 6) is 0. The summed E-state index contributed by atoms with van der Waals surface area (Å²) < 4.78 is 0. The molecule has 130 valence electrons. The van der Waals surface area contributed by atoms with Gasteiger partial charge < -0.3 is 5.11 Å². The van der Waals surface area contributed by atoms with Crippen molar-refractivity contribution in [2.45, 2.75) is 32.8 Å². The number of benzene rings is 2. The first-order chi connectivity index (χ1) is 11.5. The molecule has 0 saturated carbocycles. The Labute approximate surface area is 165 Å². The van der Waals surface area contributed by atoms with Crippen LogP contribution in [0.5, 0.6) is 0 Å². The lowest BCUT2D eigenvalue weighted by atomic mass is 9.80. The predicted octanol–water partition coefficient (Wildman–Crippen LogP) is 5.42. The zero-order valence-electron chi connectivity index (χ0n) is 14.7. The first-order valence-electron chi connectivity index (χ1n) is 8.13. The fraction of sp³-hybridized carbons (Fsp3) is 0.238. The lowest BCUT2D eigenvalue weighted by Crippen LogP contribution is -2.24. The van der Waals surface area contributed by atoms with Crippen LogP contribution in [-0.4, -0.2) is 15.8 Å². The molecule has 2 aromatic carbocycles. The highest BCUT2D eigenvalue weighted by Gasteiger charge is 2.33. The average Bonchev–Trinajstić information content (AvgIpc) is 2.85. The van der Waals surface area contributed by atoms with Gasteiger partial charge in [-0.15, -0.1) is 24.0 Å². The Hall–Kier alpha value is -1.79. The van der Waals surface area contributed by atoms with E-state index in [4.69, 9.17) is 0 Å². The number of hydrogen-bond acceptors (Lipinski definition) is 3. The summed E-state index contributed by atoms with van der Waals surface area (Å²) in [6.07, 6.45) is 1.81. The molecular weight excluding hydrogens is 423 g/mol. The fourth-order valence-corrected chi connectivity index (χ4v) is 3.05. The molecular formula is C21H23IN2O. The van der Waals surface area contributed by atoms with Gasteiger partial charge in [-0.1, -0.05) is 50.2 Å². The molecule has 25 heavy (non-hydrogen) atoms. The van der Waals surface area contributed by atoms with Gasteiger partial charge in [-0.05, 0) is 36.2 Å². The molecule has 2 heterocycles. The first kappa shape index (κ1) is 19.5. The molecule has 0 amide bonds. The monoisotopic (exact) mass is 446 g/mol. The van der Waals surface area contributed by atoms with E-state index in [1.165, 1.54) is 10.9 Å². The molecule has 0 atom stereocenters. The van der Waals surface area contributed by atoms with Crippen molar-refractivity contribution >= 4 is 46.3 Å². The number of para-hydroxylation sites is 1. The molecule has 0 spiro atoms. The molecule has 1 aliphatic heterocycles. The minimum absolute atomic E-state index is 0. The lowest BCUT2D eigenvalue weighted by molar-refractivity contribution is 0.279. The highest BCUT2D eigenvalue weighted by molar-refractivity contribution is 14.0. The number of rotatable bonds is 1. The van der Waals surface area contributed by atoms with Crippen molar-refractivity contribution in [3.05, 3.63) is 71.9 Å². The highest BCUT2D eigenvalue weighted by Crippen LogP contribution is 2.41. The van der Waals surface area contributed by atoms with Gasteiger partial charge in [0, 0.05) is 22.7 Å². The van der Waals surface area contributed by atoms with Crippen molar-refractivity contribution in [1.29, 1.82) is 0 Å². The Morgan fingerprint density at radius 2 is 1.68 bits per heavy atom. The number of aliphatic hydroxyl groups excluding tert-OH is 1. The van der Waals surface area contributed by atoms with Crippen LogP contribution < -0.4 is 0 Å². The topological polar surface area (TPSA) is 45.5 Å². The molecule has 1 aliphatic rings. The van der Waals surface area contributed by atoms with Gasteiger partial charge in [-0.25, -0.2) is 0 Å². The van der Waals surface area contributed by atoms with Gasteiger partial charge >= 0.3 is 0 Å². The fourth-order valence-electron chi connectivity index (χ4n) is 3.05. The molecule has 3 aromatic rings. The maximum Gasteiger partial charge on any atom is 0.0701 e. The Bertz CT molecular complexity index is 838. The smallest absolute Gasteiger partial charge is 0.0701 e. The van der Waals surface area contributed by atoms with Crippen molar-refractivity contribution in [2.24, 2.45) is 4.99 Å². The van der Waals surface area contributed by atoms with Crippen molar-refractivity contribution in [2.75, 3.05) is 0 Å². The van der Waals surface area contributed by atoms with Crippen LogP contribution in [0.2, 0.25) is 0 Å². The lowest BCUT2D eigenvalue weighted by Gasteiger charge is -2.22. The predicted molar refractivity (Wildman–Crippen MR) is 115 cm³/mol. The van der Waals surface area contributed by atoms with Crippen LogP contribution in [0.4, 0.5) is 5.69 Å². The molecule has 0 radical (unpaired) electrons. The third kappa shape index (κ3) is 3.90. The van der Waals surface area contributed by atoms with E-state index in [-0.39, 0.29) is 36.0 Å². The summed E-state index contributed by atoms with van der Waals surface area (Å²) >= 11 is 0. The summed E-state index contributed by atoms with van der Waals surface area (Å²) in [4.78, 5) is 8.70. The molecule has 0 unspecified atom stereocenters. The summed E-state index contributed by atoms with van der Waals surface area (Å²) in [6, 6.07) is 18.0. The maximum absolute atomic E-state index is 9.27. The van der Waals surface area contributed by atoms with Crippen molar-refractivity contribution in [1.82, 2.24) is 4.98 Å². The quantitative estimate of drug-likeness (QED) is 0.508. The first-order valence-corrected chi connectivity index (χ1v) is 8.13. The molecule has 0 saturated heterocycles. The molecule has 0 bridgehead atoms. The minimum Gasteiger partial charge on any atom is -0.392 e. The highest BCUT2D eigenvalue weighted by atomic mass is 127. The third-order valence-electron chi connectivity index (χ3n) is 4.63. The van der Waals surface area contributed by atoms with Crippen LogP contribution in [0.3, 0.4) is 0 Å².